The van der Waals surface area contributed by atoms with E-state index in [1.807, 2.05) is 6.92 Å². The highest BCUT2D eigenvalue weighted by atomic mass is 16.5. The van der Waals surface area contributed by atoms with Gasteiger partial charge >= 0.3 is 0 Å². The van der Waals surface area contributed by atoms with Crippen molar-refractivity contribution in [3.63, 3.8) is 0 Å². The van der Waals surface area contributed by atoms with Crippen molar-refractivity contribution in [2.75, 3.05) is 40.4 Å². The van der Waals surface area contributed by atoms with Crippen molar-refractivity contribution in [1.29, 1.82) is 0 Å². The number of aromatic nitrogens is 3. The number of morpholine rings is 1. The van der Waals surface area contributed by atoms with E-state index in [0.29, 0.717) is 13.2 Å². The Hall–Kier alpha value is -1.51. The zero-order chi connectivity index (χ0) is 17.7. The fourth-order valence-corrected chi connectivity index (χ4v) is 2.81. The Balaban J connectivity index is 1.87. The fourth-order valence-electron chi connectivity index (χ4n) is 2.81. The highest BCUT2D eigenvalue weighted by Crippen LogP contribution is 2.22. The van der Waals surface area contributed by atoms with Gasteiger partial charge in [-0.05, 0) is 13.8 Å². The molecule has 24 heavy (non-hydrogen) atoms. The molecule has 0 bridgehead atoms. The number of amides is 1. The van der Waals surface area contributed by atoms with Crippen molar-refractivity contribution in [2.45, 2.75) is 45.4 Å². The molecule has 8 heteroatoms. The van der Waals surface area contributed by atoms with E-state index in [1.165, 1.54) is 4.90 Å². The highest BCUT2D eigenvalue weighted by Gasteiger charge is 2.34. The number of hydrogen-bond donors (Lipinski definition) is 1. The molecule has 1 fully saturated rings. The van der Waals surface area contributed by atoms with Crippen LogP contribution in [0.15, 0.2) is 0 Å². The SMILES string of the molecule is CCc1n[nH]c(CN2C[C@H](COCC(=O)N(C)C)OC(C)(C)C2)n1. The Morgan fingerprint density at radius 1 is 1.50 bits per heavy atom. The van der Waals surface area contributed by atoms with Crippen molar-refractivity contribution in [3.05, 3.63) is 11.6 Å². The van der Waals surface area contributed by atoms with Crippen LogP contribution in [-0.4, -0.2) is 83.0 Å². The van der Waals surface area contributed by atoms with E-state index in [-0.39, 0.29) is 24.2 Å². The molecule has 1 amide bonds. The molecule has 0 unspecified atom stereocenters. The van der Waals surface area contributed by atoms with Gasteiger partial charge in [-0.1, -0.05) is 6.92 Å². The second-order valence-corrected chi connectivity index (χ2v) is 7.02. The van der Waals surface area contributed by atoms with Gasteiger partial charge < -0.3 is 14.4 Å². The van der Waals surface area contributed by atoms with E-state index in [2.05, 4.69) is 33.9 Å². The lowest BCUT2D eigenvalue weighted by atomic mass is 10.1. The lowest BCUT2D eigenvalue weighted by molar-refractivity contribution is -0.161. The summed E-state index contributed by atoms with van der Waals surface area (Å²) in [6, 6.07) is 0. The second-order valence-electron chi connectivity index (χ2n) is 7.02. The highest BCUT2D eigenvalue weighted by molar-refractivity contribution is 5.76. The third-order valence-corrected chi connectivity index (χ3v) is 3.85. The minimum atomic E-state index is -0.272. The number of carbonyl (C=O) groups excluding carboxylic acids is 1. The predicted octanol–water partition coefficient (Wildman–Crippen LogP) is 0.451. The maximum atomic E-state index is 11.6. The third-order valence-electron chi connectivity index (χ3n) is 3.85. The van der Waals surface area contributed by atoms with Gasteiger partial charge in [0.2, 0.25) is 5.91 Å². The first-order valence-corrected chi connectivity index (χ1v) is 8.37. The molecule has 1 aromatic heterocycles. The molecule has 1 aliphatic heterocycles. The van der Waals surface area contributed by atoms with Crippen LogP contribution in [0.5, 0.6) is 0 Å². The molecule has 0 radical (unpaired) electrons. The number of ether oxygens (including phenoxy) is 2. The van der Waals surface area contributed by atoms with E-state index in [1.54, 1.807) is 14.1 Å². The first-order chi connectivity index (χ1) is 11.3. The number of rotatable bonds is 7. The standard InChI is InChI=1S/C16H29N5O3/c1-6-13-17-14(19-18-13)8-21-7-12(24-16(2,3)11-21)9-23-10-15(22)20(4)5/h12H,6-11H2,1-5H3,(H,17,18,19)/t12-/m1/s1. The van der Waals surface area contributed by atoms with E-state index >= 15 is 0 Å². The van der Waals surface area contributed by atoms with Gasteiger partial charge in [-0.2, -0.15) is 5.10 Å². The molecule has 0 aliphatic carbocycles. The summed E-state index contributed by atoms with van der Waals surface area (Å²) in [5, 5.41) is 7.17. The van der Waals surface area contributed by atoms with Crippen molar-refractivity contribution >= 4 is 5.91 Å². The Kier molecular flexibility index (Phi) is 6.31. The first kappa shape index (κ1) is 18.8. The Bertz CT molecular complexity index is 544. The molecule has 0 saturated carbocycles. The average molecular weight is 339 g/mol. The van der Waals surface area contributed by atoms with Crippen LogP contribution in [0.3, 0.4) is 0 Å². The van der Waals surface area contributed by atoms with E-state index < -0.39 is 0 Å². The smallest absolute Gasteiger partial charge is 0.248 e. The molecule has 1 saturated heterocycles. The van der Waals surface area contributed by atoms with Crippen LogP contribution in [0.25, 0.3) is 0 Å². The second kappa shape index (κ2) is 8.04. The quantitative estimate of drug-likeness (QED) is 0.777. The minimum absolute atomic E-state index is 0.0457. The number of nitrogens with one attached hydrogen (secondary N) is 1. The molecular formula is C16H29N5O3. The van der Waals surface area contributed by atoms with E-state index in [0.717, 1.165) is 31.2 Å². The number of nitrogens with zero attached hydrogens (tertiary/aromatic N) is 4. The van der Waals surface area contributed by atoms with Crippen molar-refractivity contribution in [1.82, 2.24) is 25.0 Å². The number of carbonyl (C=O) groups is 1. The fraction of sp³-hybridized carbons (Fsp3) is 0.812. The first-order valence-electron chi connectivity index (χ1n) is 8.37. The van der Waals surface area contributed by atoms with Crippen molar-refractivity contribution < 1.29 is 14.3 Å². The summed E-state index contributed by atoms with van der Waals surface area (Å²) in [6.45, 7) is 8.89. The average Bonchev–Trinajstić information content (AvgIpc) is 2.93. The molecule has 2 heterocycles. The van der Waals surface area contributed by atoms with Gasteiger partial charge in [-0.25, -0.2) is 4.98 Å². The zero-order valence-corrected chi connectivity index (χ0v) is 15.3. The lowest BCUT2D eigenvalue weighted by Crippen LogP contribution is -2.53. The Labute approximate surface area is 143 Å². The lowest BCUT2D eigenvalue weighted by Gasteiger charge is -2.42. The summed E-state index contributed by atoms with van der Waals surface area (Å²) in [4.78, 5) is 19.9. The molecule has 1 N–H and O–H groups in total. The molecular weight excluding hydrogens is 310 g/mol. The number of likely N-dealkylation sites (N-methyl/N-ethyl adjacent to an activating group) is 1. The molecule has 1 atom stereocenters. The Morgan fingerprint density at radius 3 is 2.88 bits per heavy atom. The molecule has 1 aliphatic rings. The van der Waals surface area contributed by atoms with Crippen LogP contribution in [0.4, 0.5) is 0 Å². The molecule has 1 aromatic rings. The number of H-pyrrole nitrogens is 1. The van der Waals surface area contributed by atoms with Crippen LogP contribution in [0.2, 0.25) is 0 Å². The molecule has 0 aromatic carbocycles. The predicted molar refractivity (Wildman–Crippen MR) is 89.5 cm³/mol. The van der Waals surface area contributed by atoms with E-state index in [9.17, 15) is 4.79 Å². The number of aromatic amines is 1. The largest absolute Gasteiger partial charge is 0.369 e. The summed E-state index contributed by atoms with van der Waals surface area (Å²) >= 11 is 0. The maximum Gasteiger partial charge on any atom is 0.248 e. The van der Waals surface area contributed by atoms with Crippen molar-refractivity contribution in [2.24, 2.45) is 0 Å². The topological polar surface area (TPSA) is 83.6 Å². The molecule has 136 valence electrons. The van der Waals surface area contributed by atoms with Gasteiger partial charge in [0, 0.05) is 33.6 Å². The normalized spacial score (nSPS) is 21.0. The summed E-state index contributed by atoms with van der Waals surface area (Å²) in [7, 11) is 3.44. The molecule has 0 spiro atoms. The van der Waals surface area contributed by atoms with Crippen LogP contribution in [-0.2, 0) is 27.2 Å². The van der Waals surface area contributed by atoms with Gasteiger partial charge in [0.15, 0.2) is 0 Å². The maximum absolute atomic E-state index is 11.6. The van der Waals surface area contributed by atoms with Gasteiger partial charge in [-0.15, -0.1) is 0 Å². The zero-order valence-electron chi connectivity index (χ0n) is 15.3. The van der Waals surface area contributed by atoms with E-state index in [4.69, 9.17) is 9.47 Å². The minimum Gasteiger partial charge on any atom is -0.369 e. The van der Waals surface area contributed by atoms with Gasteiger partial charge in [0.1, 0.15) is 18.3 Å². The third kappa shape index (κ3) is 5.54. The van der Waals surface area contributed by atoms with Crippen LogP contribution < -0.4 is 0 Å². The molecule has 8 nitrogen and oxygen atoms in total. The van der Waals surface area contributed by atoms with Crippen LogP contribution in [0, 0.1) is 0 Å². The summed E-state index contributed by atoms with van der Waals surface area (Å²) in [6.07, 6.45) is 0.749. The van der Waals surface area contributed by atoms with Gasteiger partial charge in [0.05, 0.1) is 24.9 Å². The Morgan fingerprint density at radius 2 is 2.25 bits per heavy atom. The summed E-state index contributed by atoms with van der Waals surface area (Å²) < 4.78 is 11.6. The van der Waals surface area contributed by atoms with Crippen molar-refractivity contribution in [3.8, 4) is 0 Å². The van der Waals surface area contributed by atoms with Crippen LogP contribution >= 0.6 is 0 Å². The number of aryl methyl sites for hydroxylation is 1. The summed E-state index contributed by atoms with van der Waals surface area (Å²) in [5.41, 5.74) is -0.272. The van der Waals surface area contributed by atoms with Gasteiger partial charge in [-0.3, -0.25) is 14.8 Å². The summed E-state index contributed by atoms with van der Waals surface area (Å²) in [5.74, 6) is 1.65. The monoisotopic (exact) mass is 339 g/mol. The number of hydrogen-bond acceptors (Lipinski definition) is 6. The van der Waals surface area contributed by atoms with Gasteiger partial charge in [0.25, 0.3) is 0 Å². The molecule has 2 rings (SSSR count). The van der Waals surface area contributed by atoms with Crippen LogP contribution in [0.1, 0.15) is 32.4 Å².